The molecule has 0 aliphatic carbocycles. The summed E-state index contributed by atoms with van der Waals surface area (Å²) in [4.78, 5) is 12.4. The lowest BCUT2D eigenvalue weighted by molar-refractivity contribution is -0.114. The fourth-order valence-corrected chi connectivity index (χ4v) is 3.29. The largest absolute Gasteiger partial charge is 0.490 e. The van der Waals surface area contributed by atoms with Crippen LogP contribution in [-0.2, 0) is 15.0 Å². The number of nitrogens with zero attached hydrogens (tertiary/aromatic N) is 2. The number of halogens is 1. The van der Waals surface area contributed by atoms with Crippen molar-refractivity contribution in [1.82, 2.24) is 4.31 Å². The molecule has 0 fully saturated rings. The van der Waals surface area contributed by atoms with Crippen LogP contribution in [0.5, 0.6) is 5.75 Å². The highest BCUT2D eigenvalue weighted by Gasteiger charge is 2.27. The lowest BCUT2D eigenvalue weighted by atomic mass is 10.3. The molecule has 0 radical (unpaired) electrons. The summed E-state index contributed by atoms with van der Waals surface area (Å²) in [6.45, 7) is 3.45. The van der Waals surface area contributed by atoms with Crippen LogP contribution in [0, 0.1) is 5.82 Å². The van der Waals surface area contributed by atoms with Gasteiger partial charge in [0.15, 0.2) is 0 Å². The van der Waals surface area contributed by atoms with E-state index in [1.54, 1.807) is 30.3 Å². The zero-order chi connectivity index (χ0) is 20.7. The summed E-state index contributed by atoms with van der Waals surface area (Å²) in [6, 6.07) is 11.5. The Labute approximate surface area is 164 Å². The van der Waals surface area contributed by atoms with E-state index in [1.807, 2.05) is 0 Å². The van der Waals surface area contributed by atoms with Gasteiger partial charge in [-0.2, -0.15) is 12.7 Å². The van der Waals surface area contributed by atoms with E-state index in [1.165, 1.54) is 26.2 Å². The van der Waals surface area contributed by atoms with E-state index in [0.717, 1.165) is 20.7 Å². The van der Waals surface area contributed by atoms with Crippen LogP contribution in [0.1, 0.15) is 0 Å². The predicted octanol–water partition coefficient (Wildman–Crippen LogP) is 2.64. The molecule has 0 aromatic heterocycles. The number of carbonyl (C=O) groups excluding carboxylic acids is 1. The maximum Gasteiger partial charge on any atom is 0.304 e. The molecule has 2 aromatic carbocycles. The van der Waals surface area contributed by atoms with Gasteiger partial charge in [0.1, 0.15) is 24.7 Å². The average molecular weight is 407 g/mol. The van der Waals surface area contributed by atoms with Crippen LogP contribution in [0.4, 0.5) is 15.8 Å². The van der Waals surface area contributed by atoms with Gasteiger partial charge in [-0.05, 0) is 48.5 Å². The monoisotopic (exact) mass is 407 g/mol. The second kappa shape index (κ2) is 9.34. The second-order valence-corrected chi connectivity index (χ2v) is 8.01. The van der Waals surface area contributed by atoms with E-state index in [4.69, 9.17) is 4.74 Å². The van der Waals surface area contributed by atoms with Crippen LogP contribution in [0.3, 0.4) is 0 Å². The molecular weight excluding hydrogens is 385 g/mol. The molecule has 2 aromatic rings. The van der Waals surface area contributed by atoms with Gasteiger partial charge in [-0.1, -0.05) is 12.7 Å². The number of amides is 1. The van der Waals surface area contributed by atoms with E-state index in [2.05, 4.69) is 11.9 Å². The van der Waals surface area contributed by atoms with Gasteiger partial charge in [0.2, 0.25) is 5.91 Å². The highest BCUT2D eigenvalue weighted by Crippen LogP contribution is 2.21. The van der Waals surface area contributed by atoms with Crippen LogP contribution in [0.15, 0.2) is 61.2 Å². The average Bonchev–Trinajstić information content (AvgIpc) is 2.66. The fourth-order valence-electron chi connectivity index (χ4n) is 2.23. The number of nitrogens with one attached hydrogen (secondary N) is 1. The molecule has 0 saturated carbocycles. The predicted molar refractivity (Wildman–Crippen MR) is 107 cm³/mol. The van der Waals surface area contributed by atoms with E-state index in [-0.39, 0.29) is 5.69 Å². The summed E-state index contributed by atoms with van der Waals surface area (Å²) in [5.74, 6) is -0.440. The minimum atomic E-state index is -3.96. The summed E-state index contributed by atoms with van der Waals surface area (Å²) in [5.41, 5.74) is 0.663. The topological polar surface area (TPSA) is 79.0 Å². The molecule has 1 N–H and O–H groups in total. The van der Waals surface area contributed by atoms with E-state index < -0.39 is 28.5 Å². The molecule has 0 heterocycles. The Morgan fingerprint density at radius 1 is 1.14 bits per heavy atom. The summed E-state index contributed by atoms with van der Waals surface area (Å²) >= 11 is 0. The zero-order valence-corrected chi connectivity index (χ0v) is 16.4. The third kappa shape index (κ3) is 5.54. The van der Waals surface area contributed by atoms with Crippen LogP contribution >= 0.6 is 0 Å². The number of ether oxygens (including phenoxy) is 1. The van der Waals surface area contributed by atoms with Crippen LogP contribution < -0.4 is 14.4 Å². The number of rotatable bonds is 9. The second-order valence-electron chi connectivity index (χ2n) is 5.95. The first-order valence-electron chi connectivity index (χ1n) is 8.33. The maximum absolute atomic E-state index is 13.2. The molecule has 7 nitrogen and oxygen atoms in total. The van der Waals surface area contributed by atoms with Crippen molar-refractivity contribution >= 4 is 27.5 Å². The summed E-state index contributed by atoms with van der Waals surface area (Å²) < 4.78 is 45.6. The van der Waals surface area contributed by atoms with Crippen molar-refractivity contribution in [2.45, 2.75) is 0 Å². The molecule has 1 amide bonds. The number of hydrogen-bond donors (Lipinski definition) is 1. The van der Waals surface area contributed by atoms with E-state index in [0.29, 0.717) is 18.0 Å². The van der Waals surface area contributed by atoms with Crippen LogP contribution in [0.2, 0.25) is 0 Å². The first-order valence-corrected chi connectivity index (χ1v) is 9.73. The fraction of sp³-hybridized carbons (Fsp3) is 0.211. The molecule has 2 rings (SSSR count). The molecule has 0 saturated heterocycles. The third-order valence-corrected chi connectivity index (χ3v) is 5.47. The zero-order valence-electron chi connectivity index (χ0n) is 15.6. The Morgan fingerprint density at radius 2 is 1.75 bits per heavy atom. The SMILES string of the molecule is C=CCOc1ccc(NC(=O)CN(c2ccc(F)cc2)S(=O)(=O)N(C)C)cc1. The Morgan fingerprint density at radius 3 is 2.29 bits per heavy atom. The first-order chi connectivity index (χ1) is 13.2. The number of benzene rings is 2. The Kier molecular flexibility index (Phi) is 7.13. The lowest BCUT2D eigenvalue weighted by Gasteiger charge is -2.26. The van der Waals surface area contributed by atoms with Crippen molar-refractivity contribution in [3.05, 3.63) is 67.0 Å². The first kappa shape index (κ1) is 21.4. The van der Waals surface area contributed by atoms with Crippen molar-refractivity contribution in [1.29, 1.82) is 0 Å². The molecule has 9 heteroatoms. The van der Waals surface area contributed by atoms with Gasteiger partial charge in [0.25, 0.3) is 0 Å². The van der Waals surface area contributed by atoms with Crippen molar-refractivity contribution in [2.75, 3.05) is 36.9 Å². The van der Waals surface area contributed by atoms with Crippen molar-refractivity contribution < 1.29 is 22.3 Å². The minimum absolute atomic E-state index is 0.179. The molecule has 28 heavy (non-hydrogen) atoms. The molecule has 0 aliphatic rings. The third-order valence-electron chi connectivity index (χ3n) is 3.65. The van der Waals surface area contributed by atoms with Crippen LogP contribution in [0.25, 0.3) is 0 Å². The molecule has 150 valence electrons. The quantitative estimate of drug-likeness (QED) is 0.648. The van der Waals surface area contributed by atoms with Gasteiger partial charge in [-0.15, -0.1) is 0 Å². The Bertz CT molecular complexity index is 913. The normalized spacial score (nSPS) is 11.1. The maximum atomic E-state index is 13.2. The molecule has 0 aliphatic heterocycles. The summed E-state index contributed by atoms with van der Waals surface area (Å²) in [7, 11) is -1.25. The summed E-state index contributed by atoms with van der Waals surface area (Å²) in [6.07, 6.45) is 1.62. The Hall–Kier alpha value is -2.91. The molecule has 0 atom stereocenters. The van der Waals surface area contributed by atoms with Crippen LogP contribution in [-0.4, -0.2) is 45.9 Å². The van der Waals surface area contributed by atoms with Crippen molar-refractivity contribution in [3.8, 4) is 5.75 Å². The molecule has 0 unspecified atom stereocenters. The van der Waals surface area contributed by atoms with Gasteiger partial charge in [-0.25, -0.2) is 8.70 Å². The molecular formula is C19H22FN3O4S. The smallest absolute Gasteiger partial charge is 0.304 e. The Balaban J connectivity index is 2.16. The summed E-state index contributed by atoms with van der Waals surface area (Å²) in [5, 5.41) is 2.63. The van der Waals surface area contributed by atoms with Gasteiger partial charge >= 0.3 is 10.2 Å². The number of hydrogen-bond acceptors (Lipinski definition) is 4. The number of anilines is 2. The van der Waals surface area contributed by atoms with Gasteiger partial charge in [-0.3, -0.25) is 4.79 Å². The van der Waals surface area contributed by atoms with E-state index >= 15 is 0 Å². The van der Waals surface area contributed by atoms with Gasteiger partial charge in [0, 0.05) is 19.8 Å². The standard InChI is InChI=1S/C19H22FN3O4S/c1-4-13-27-18-11-7-16(8-12-18)21-19(24)14-23(28(25,26)22(2)3)17-9-5-15(20)6-10-17/h4-12H,1,13-14H2,2-3H3,(H,21,24). The van der Waals surface area contributed by atoms with E-state index in [9.17, 15) is 17.6 Å². The van der Waals surface area contributed by atoms with Crippen molar-refractivity contribution in [2.24, 2.45) is 0 Å². The molecule has 0 bridgehead atoms. The minimum Gasteiger partial charge on any atom is -0.490 e. The van der Waals surface area contributed by atoms with Gasteiger partial charge in [0.05, 0.1) is 5.69 Å². The highest BCUT2D eigenvalue weighted by atomic mass is 32.2. The van der Waals surface area contributed by atoms with Crippen molar-refractivity contribution in [3.63, 3.8) is 0 Å². The molecule has 0 spiro atoms. The highest BCUT2D eigenvalue weighted by molar-refractivity contribution is 7.90. The number of carbonyl (C=O) groups is 1. The lowest BCUT2D eigenvalue weighted by Crippen LogP contribution is -2.44. The van der Waals surface area contributed by atoms with Gasteiger partial charge < -0.3 is 10.1 Å².